The third-order valence-corrected chi connectivity index (χ3v) is 3.90. The highest BCUT2D eigenvalue weighted by atomic mass is 16.3. The van der Waals surface area contributed by atoms with E-state index >= 15 is 0 Å². The van der Waals surface area contributed by atoms with Crippen LogP contribution < -0.4 is 0 Å². The van der Waals surface area contributed by atoms with Crippen LogP contribution in [0.1, 0.15) is 46.9 Å². The van der Waals surface area contributed by atoms with Gasteiger partial charge in [0.2, 0.25) is 0 Å². The number of allylic oxidation sites excluding steroid dienone is 1. The fourth-order valence-electron chi connectivity index (χ4n) is 2.87. The van der Waals surface area contributed by atoms with Gasteiger partial charge in [-0.3, -0.25) is 9.59 Å². The standard InChI is InChI=1S/C15H14O4/c1-15(19)6-5-8-10(7-15)13(17)9-3-2-4-11(16)12(9)14(8)18/h2-4,16,19H,5-7H2,1H3/t15-/m0/s1. The number of carbonyl (C=O) groups excluding carboxylic acids is 2. The number of phenols is 1. The molecule has 0 radical (unpaired) electrons. The molecule has 0 aliphatic heterocycles. The average Bonchev–Trinajstić information content (AvgIpc) is 2.34. The summed E-state index contributed by atoms with van der Waals surface area (Å²) in [7, 11) is 0. The summed E-state index contributed by atoms with van der Waals surface area (Å²) < 4.78 is 0. The van der Waals surface area contributed by atoms with E-state index in [1.54, 1.807) is 19.1 Å². The SMILES string of the molecule is C[C@]1(O)CCC2=C(C1)C(=O)c1cccc(O)c1C2=O. The highest BCUT2D eigenvalue weighted by Gasteiger charge is 2.40. The molecular formula is C15H14O4. The van der Waals surface area contributed by atoms with E-state index in [1.165, 1.54) is 6.07 Å². The molecule has 0 aromatic heterocycles. The summed E-state index contributed by atoms with van der Waals surface area (Å²) in [5.74, 6) is -0.682. The summed E-state index contributed by atoms with van der Waals surface area (Å²) >= 11 is 0. The summed E-state index contributed by atoms with van der Waals surface area (Å²) in [6.07, 6.45) is 1.02. The van der Waals surface area contributed by atoms with Gasteiger partial charge >= 0.3 is 0 Å². The van der Waals surface area contributed by atoms with Crippen LogP contribution in [-0.4, -0.2) is 27.4 Å². The number of Topliss-reactive ketones (excluding diaryl/α,β-unsaturated/α-hetero) is 2. The molecule has 0 saturated heterocycles. The first-order valence-corrected chi connectivity index (χ1v) is 6.26. The van der Waals surface area contributed by atoms with E-state index in [-0.39, 0.29) is 34.9 Å². The first-order valence-electron chi connectivity index (χ1n) is 6.26. The Morgan fingerprint density at radius 2 is 1.89 bits per heavy atom. The van der Waals surface area contributed by atoms with E-state index in [0.717, 1.165) is 0 Å². The lowest BCUT2D eigenvalue weighted by molar-refractivity contribution is 0.0432. The van der Waals surface area contributed by atoms with Crippen LogP contribution in [0.4, 0.5) is 0 Å². The van der Waals surface area contributed by atoms with Gasteiger partial charge in [-0.05, 0) is 25.8 Å². The highest BCUT2D eigenvalue weighted by molar-refractivity contribution is 6.28. The van der Waals surface area contributed by atoms with Crippen LogP contribution in [0.3, 0.4) is 0 Å². The molecule has 4 nitrogen and oxygen atoms in total. The summed E-state index contributed by atoms with van der Waals surface area (Å²) in [5.41, 5.74) is 0.252. The van der Waals surface area contributed by atoms with E-state index in [0.29, 0.717) is 24.0 Å². The molecule has 1 atom stereocenters. The molecule has 0 unspecified atom stereocenters. The first kappa shape index (κ1) is 12.1. The molecule has 19 heavy (non-hydrogen) atoms. The Balaban J connectivity index is 2.19. The van der Waals surface area contributed by atoms with Crippen molar-refractivity contribution >= 4 is 11.6 Å². The zero-order chi connectivity index (χ0) is 13.8. The van der Waals surface area contributed by atoms with Crippen molar-refractivity contribution in [1.29, 1.82) is 0 Å². The molecule has 2 aliphatic carbocycles. The lowest BCUT2D eigenvalue weighted by Gasteiger charge is -2.33. The van der Waals surface area contributed by atoms with Crippen molar-refractivity contribution in [3.63, 3.8) is 0 Å². The molecule has 0 spiro atoms. The van der Waals surface area contributed by atoms with Gasteiger partial charge in [-0.2, -0.15) is 0 Å². The van der Waals surface area contributed by atoms with E-state index < -0.39 is 5.60 Å². The monoisotopic (exact) mass is 258 g/mol. The fourth-order valence-corrected chi connectivity index (χ4v) is 2.87. The van der Waals surface area contributed by atoms with Gasteiger partial charge in [0.05, 0.1) is 11.2 Å². The number of rotatable bonds is 0. The van der Waals surface area contributed by atoms with Crippen LogP contribution in [0.25, 0.3) is 0 Å². The predicted molar refractivity (Wildman–Crippen MR) is 68.3 cm³/mol. The number of aromatic hydroxyl groups is 1. The minimum atomic E-state index is -0.941. The van der Waals surface area contributed by atoms with Crippen molar-refractivity contribution in [2.75, 3.05) is 0 Å². The lowest BCUT2D eigenvalue weighted by Crippen LogP contribution is -2.35. The maximum absolute atomic E-state index is 12.4. The average molecular weight is 258 g/mol. The van der Waals surface area contributed by atoms with Crippen LogP contribution in [0.5, 0.6) is 5.75 Å². The molecule has 1 aromatic rings. The van der Waals surface area contributed by atoms with Gasteiger partial charge in [-0.1, -0.05) is 12.1 Å². The Hall–Kier alpha value is -1.94. The number of ketones is 2. The Morgan fingerprint density at radius 1 is 1.16 bits per heavy atom. The summed E-state index contributed by atoms with van der Waals surface area (Å²) in [5, 5.41) is 19.9. The summed E-state index contributed by atoms with van der Waals surface area (Å²) in [6, 6.07) is 4.50. The number of hydrogen-bond acceptors (Lipinski definition) is 4. The summed E-state index contributed by atoms with van der Waals surface area (Å²) in [4.78, 5) is 24.8. The van der Waals surface area contributed by atoms with Gasteiger partial charge in [-0.25, -0.2) is 0 Å². The zero-order valence-electron chi connectivity index (χ0n) is 10.6. The third kappa shape index (κ3) is 1.71. The number of aliphatic hydroxyl groups is 1. The van der Waals surface area contributed by atoms with Crippen molar-refractivity contribution in [2.24, 2.45) is 0 Å². The number of benzene rings is 1. The van der Waals surface area contributed by atoms with Crippen molar-refractivity contribution in [3.8, 4) is 5.75 Å². The summed E-state index contributed by atoms with van der Waals surface area (Å²) in [6.45, 7) is 1.67. The quantitative estimate of drug-likeness (QED) is 0.746. The van der Waals surface area contributed by atoms with Gasteiger partial charge < -0.3 is 10.2 Å². The van der Waals surface area contributed by atoms with E-state index in [1.807, 2.05) is 0 Å². The molecule has 2 aliphatic rings. The second-order valence-corrected chi connectivity index (χ2v) is 5.49. The van der Waals surface area contributed by atoms with Gasteiger partial charge in [0, 0.05) is 23.1 Å². The smallest absolute Gasteiger partial charge is 0.193 e. The minimum absolute atomic E-state index is 0.104. The van der Waals surface area contributed by atoms with Gasteiger partial charge in [0.1, 0.15) is 5.75 Å². The van der Waals surface area contributed by atoms with Crippen molar-refractivity contribution in [2.45, 2.75) is 31.8 Å². The number of carbonyl (C=O) groups is 2. The molecule has 4 heteroatoms. The predicted octanol–water partition coefficient (Wildman–Crippen LogP) is 2.00. The molecule has 0 fully saturated rings. The molecule has 2 N–H and O–H groups in total. The zero-order valence-corrected chi connectivity index (χ0v) is 10.6. The van der Waals surface area contributed by atoms with Gasteiger partial charge in [0.25, 0.3) is 0 Å². The van der Waals surface area contributed by atoms with Crippen LogP contribution in [-0.2, 0) is 0 Å². The molecule has 98 valence electrons. The molecule has 0 amide bonds. The molecule has 0 heterocycles. The molecule has 3 rings (SSSR count). The molecule has 0 bridgehead atoms. The van der Waals surface area contributed by atoms with Crippen LogP contribution in [0.15, 0.2) is 29.3 Å². The van der Waals surface area contributed by atoms with E-state index in [4.69, 9.17) is 0 Å². The second-order valence-electron chi connectivity index (χ2n) is 5.49. The Labute approximate surface area is 110 Å². The second kappa shape index (κ2) is 3.78. The number of fused-ring (bicyclic) bond motifs is 1. The number of phenolic OH excluding ortho intramolecular Hbond substituents is 1. The fraction of sp³-hybridized carbons (Fsp3) is 0.333. The minimum Gasteiger partial charge on any atom is -0.507 e. The van der Waals surface area contributed by atoms with Crippen LogP contribution in [0.2, 0.25) is 0 Å². The maximum atomic E-state index is 12.4. The maximum Gasteiger partial charge on any atom is 0.193 e. The Morgan fingerprint density at radius 3 is 2.63 bits per heavy atom. The highest BCUT2D eigenvalue weighted by Crippen LogP contribution is 2.41. The van der Waals surface area contributed by atoms with Crippen LogP contribution >= 0.6 is 0 Å². The van der Waals surface area contributed by atoms with Crippen LogP contribution in [0, 0.1) is 0 Å². The van der Waals surface area contributed by atoms with E-state index in [2.05, 4.69) is 0 Å². The largest absolute Gasteiger partial charge is 0.507 e. The normalized spacial score (nSPS) is 26.2. The first-order chi connectivity index (χ1) is 8.91. The van der Waals surface area contributed by atoms with Gasteiger partial charge in [-0.15, -0.1) is 0 Å². The Bertz CT molecular complexity index is 638. The van der Waals surface area contributed by atoms with E-state index in [9.17, 15) is 19.8 Å². The van der Waals surface area contributed by atoms with Crippen molar-refractivity contribution in [3.05, 3.63) is 40.5 Å². The van der Waals surface area contributed by atoms with Gasteiger partial charge in [0.15, 0.2) is 11.6 Å². The molecular weight excluding hydrogens is 244 g/mol. The molecule has 1 aromatic carbocycles. The Kier molecular flexibility index (Phi) is 2.41. The topological polar surface area (TPSA) is 74.6 Å². The lowest BCUT2D eigenvalue weighted by atomic mass is 9.72. The van der Waals surface area contributed by atoms with Crippen molar-refractivity contribution < 1.29 is 19.8 Å². The van der Waals surface area contributed by atoms with Crippen molar-refractivity contribution in [1.82, 2.24) is 0 Å². The third-order valence-electron chi connectivity index (χ3n) is 3.90. The molecule has 0 saturated carbocycles. The number of hydrogen-bond donors (Lipinski definition) is 2.